The van der Waals surface area contributed by atoms with Gasteiger partial charge in [0.1, 0.15) is 0 Å². The van der Waals surface area contributed by atoms with E-state index in [0.717, 1.165) is 23.1 Å². The number of carbonyl (C=O) groups excluding carboxylic acids is 1. The standard InChI is InChI=1S/C18H20N2OS/c21-17(10-15-9-12-6-7-14(15)8-12)20-18-19-16(11-22-18)13-4-2-1-3-5-13/h1-5,11-12,14-15H,6-10H2,(H,19,20,21). The zero-order valence-electron chi connectivity index (χ0n) is 12.5. The predicted octanol–water partition coefficient (Wildman–Crippen LogP) is 4.57. The summed E-state index contributed by atoms with van der Waals surface area (Å²) in [5.74, 6) is 2.43. The van der Waals surface area contributed by atoms with Crippen molar-refractivity contribution in [2.24, 2.45) is 17.8 Å². The molecule has 2 aliphatic rings. The smallest absolute Gasteiger partial charge is 0.226 e. The highest BCUT2D eigenvalue weighted by atomic mass is 32.1. The normalized spacial score (nSPS) is 26.3. The summed E-state index contributed by atoms with van der Waals surface area (Å²) in [7, 11) is 0. The molecular weight excluding hydrogens is 292 g/mol. The second-order valence-electron chi connectivity index (χ2n) is 6.59. The van der Waals surface area contributed by atoms with Crippen molar-refractivity contribution < 1.29 is 4.79 Å². The van der Waals surface area contributed by atoms with Crippen LogP contribution in [0.1, 0.15) is 32.1 Å². The van der Waals surface area contributed by atoms with E-state index in [1.807, 2.05) is 35.7 Å². The first kappa shape index (κ1) is 13.9. The molecule has 114 valence electrons. The third-order valence-corrected chi connectivity index (χ3v) is 5.91. The second kappa shape index (κ2) is 5.84. The van der Waals surface area contributed by atoms with Gasteiger partial charge in [-0.25, -0.2) is 4.98 Å². The molecular formula is C18H20N2OS. The fraction of sp³-hybridized carbons (Fsp3) is 0.444. The molecule has 2 bridgehead atoms. The van der Waals surface area contributed by atoms with Crippen LogP contribution in [-0.2, 0) is 4.79 Å². The maximum Gasteiger partial charge on any atom is 0.226 e. The number of carbonyl (C=O) groups is 1. The van der Waals surface area contributed by atoms with Gasteiger partial charge in [-0.3, -0.25) is 4.79 Å². The molecule has 1 aromatic heterocycles. The summed E-state index contributed by atoms with van der Waals surface area (Å²) in [6, 6.07) is 10.1. The Bertz CT molecular complexity index is 667. The van der Waals surface area contributed by atoms with Gasteiger partial charge in [0.15, 0.2) is 5.13 Å². The van der Waals surface area contributed by atoms with E-state index in [9.17, 15) is 4.79 Å². The lowest BCUT2D eigenvalue weighted by Crippen LogP contribution is -2.20. The molecule has 4 rings (SSSR count). The number of nitrogens with one attached hydrogen (secondary N) is 1. The predicted molar refractivity (Wildman–Crippen MR) is 89.7 cm³/mol. The van der Waals surface area contributed by atoms with E-state index < -0.39 is 0 Å². The summed E-state index contributed by atoms with van der Waals surface area (Å²) >= 11 is 1.50. The van der Waals surface area contributed by atoms with Crippen molar-refractivity contribution in [3.63, 3.8) is 0 Å². The number of thiazole rings is 1. The molecule has 0 spiro atoms. The van der Waals surface area contributed by atoms with Crippen LogP contribution < -0.4 is 5.32 Å². The number of rotatable bonds is 4. The largest absolute Gasteiger partial charge is 0.302 e. The lowest BCUT2D eigenvalue weighted by Gasteiger charge is -2.20. The number of hydrogen-bond donors (Lipinski definition) is 1. The molecule has 4 heteroatoms. The van der Waals surface area contributed by atoms with Crippen molar-refractivity contribution in [2.75, 3.05) is 5.32 Å². The molecule has 0 radical (unpaired) electrons. The Labute approximate surface area is 134 Å². The molecule has 3 nitrogen and oxygen atoms in total. The van der Waals surface area contributed by atoms with Gasteiger partial charge in [0.25, 0.3) is 0 Å². The summed E-state index contributed by atoms with van der Waals surface area (Å²) in [6.07, 6.45) is 5.99. The van der Waals surface area contributed by atoms with Crippen LogP contribution in [0.3, 0.4) is 0 Å². The maximum absolute atomic E-state index is 12.2. The van der Waals surface area contributed by atoms with Gasteiger partial charge < -0.3 is 5.32 Å². The van der Waals surface area contributed by atoms with Gasteiger partial charge in [0.05, 0.1) is 5.69 Å². The van der Waals surface area contributed by atoms with Crippen molar-refractivity contribution in [3.8, 4) is 11.3 Å². The zero-order valence-corrected chi connectivity index (χ0v) is 13.3. The Morgan fingerprint density at radius 3 is 2.82 bits per heavy atom. The molecule has 0 saturated heterocycles. The Balaban J connectivity index is 1.37. The molecule has 2 saturated carbocycles. The molecule has 22 heavy (non-hydrogen) atoms. The fourth-order valence-corrected chi connectivity index (χ4v) is 4.84. The molecule has 1 amide bonds. The van der Waals surface area contributed by atoms with Crippen LogP contribution in [-0.4, -0.2) is 10.9 Å². The molecule has 2 aliphatic carbocycles. The number of nitrogens with zero attached hydrogens (tertiary/aromatic N) is 1. The SMILES string of the molecule is O=C(CC1CC2CCC1C2)Nc1nc(-c2ccccc2)cs1. The van der Waals surface area contributed by atoms with Crippen LogP contribution in [0, 0.1) is 17.8 Å². The van der Waals surface area contributed by atoms with Crippen LogP contribution in [0.25, 0.3) is 11.3 Å². The number of aromatic nitrogens is 1. The number of amides is 1. The van der Waals surface area contributed by atoms with Gasteiger partial charge in [-0.05, 0) is 37.0 Å². The zero-order chi connectivity index (χ0) is 14.9. The Kier molecular flexibility index (Phi) is 3.70. The third-order valence-electron chi connectivity index (χ3n) is 5.15. The number of anilines is 1. The lowest BCUT2D eigenvalue weighted by molar-refractivity contribution is -0.117. The summed E-state index contributed by atoms with van der Waals surface area (Å²) < 4.78 is 0. The van der Waals surface area contributed by atoms with E-state index in [-0.39, 0.29) is 5.91 Å². The average Bonchev–Trinajstić information content (AvgIpc) is 3.24. The van der Waals surface area contributed by atoms with Gasteiger partial charge in [-0.2, -0.15) is 0 Å². The summed E-state index contributed by atoms with van der Waals surface area (Å²) in [5, 5.41) is 5.70. The molecule has 3 unspecified atom stereocenters. The van der Waals surface area contributed by atoms with Crippen LogP contribution in [0.4, 0.5) is 5.13 Å². The van der Waals surface area contributed by atoms with Crippen molar-refractivity contribution in [1.82, 2.24) is 4.98 Å². The van der Waals surface area contributed by atoms with Gasteiger partial charge in [-0.15, -0.1) is 11.3 Å². The highest BCUT2D eigenvalue weighted by Gasteiger charge is 2.40. The van der Waals surface area contributed by atoms with E-state index in [0.29, 0.717) is 17.5 Å². The van der Waals surface area contributed by atoms with Crippen LogP contribution in [0.5, 0.6) is 0 Å². The van der Waals surface area contributed by atoms with Gasteiger partial charge >= 0.3 is 0 Å². The minimum Gasteiger partial charge on any atom is -0.302 e. The Morgan fingerprint density at radius 2 is 2.09 bits per heavy atom. The van der Waals surface area contributed by atoms with Crippen molar-refractivity contribution in [1.29, 1.82) is 0 Å². The second-order valence-corrected chi connectivity index (χ2v) is 7.45. The van der Waals surface area contributed by atoms with Crippen LogP contribution in [0.2, 0.25) is 0 Å². The Morgan fingerprint density at radius 1 is 1.23 bits per heavy atom. The van der Waals surface area contributed by atoms with E-state index in [1.54, 1.807) is 0 Å². The van der Waals surface area contributed by atoms with Crippen molar-refractivity contribution >= 4 is 22.4 Å². The molecule has 3 atom stereocenters. The minimum atomic E-state index is 0.131. The van der Waals surface area contributed by atoms with E-state index >= 15 is 0 Å². The van der Waals surface area contributed by atoms with Gasteiger partial charge in [0, 0.05) is 17.4 Å². The third kappa shape index (κ3) is 2.80. The summed E-state index contributed by atoms with van der Waals surface area (Å²) in [6.45, 7) is 0. The molecule has 1 heterocycles. The van der Waals surface area contributed by atoms with E-state index in [1.165, 1.54) is 37.0 Å². The summed E-state index contributed by atoms with van der Waals surface area (Å²) in [4.78, 5) is 16.8. The molecule has 2 fully saturated rings. The number of benzene rings is 1. The van der Waals surface area contributed by atoms with Crippen LogP contribution >= 0.6 is 11.3 Å². The highest BCUT2D eigenvalue weighted by Crippen LogP contribution is 2.49. The van der Waals surface area contributed by atoms with E-state index in [4.69, 9.17) is 0 Å². The first-order chi connectivity index (χ1) is 10.8. The first-order valence-corrected chi connectivity index (χ1v) is 8.96. The molecule has 1 aromatic carbocycles. The first-order valence-electron chi connectivity index (χ1n) is 8.09. The topological polar surface area (TPSA) is 42.0 Å². The summed E-state index contributed by atoms with van der Waals surface area (Å²) in [5.41, 5.74) is 2.02. The highest BCUT2D eigenvalue weighted by molar-refractivity contribution is 7.14. The van der Waals surface area contributed by atoms with Gasteiger partial charge in [0.2, 0.25) is 5.91 Å². The van der Waals surface area contributed by atoms with Crippen LogP contribution in [0.15, 0.2) is 35.7 Å². The number of hydrogen-bond acceptors (Lipinski definition) is 3. The molecule has 1 N–H and O–H groups in total. The van der Waals surface area contributed by atoms with E-state index in [2.05, 4.69) is 10.3 Å². The fourth-order valence-electron chi connectivity index (χ4n) is 4.11. The lowest BCUT2D eigenvalue weighted by atomic mass is 9.86. The van der Waals surface area contributed by atoms with Gasteiger partial charge in [-0.1, -0.05) is 36.8 Å². The Hall–Kier alpha value is -1.68. The van der Waals surface area contributed by atoms with Crippen molar-refractivity contribution in [3.05, 3.63) is 35.7 Å². The quantitative estimate of drug-likeness (QED) is 0.898. The number of fused-ring (bicyclic) bond motifs is 2. The maximum atomic E-state index is 12.2. The monoisotopic (exact) mass is 312 g/mol. The average molecular weight is 312 g/mol. The minimum absolute atomic E-state index is 0.131. The molecule has 0 aliphatic heterocycles. The van der Waals surface area contributed by atoms with Crippen molar-refractivity contribution in [2.45, 2.75) is 32.1 Å². The molecule has 2 aromatic rings.